The molecule has 1 N–H and O–H groups in total. The summed E-state index contributed by atoms with van der Waals surface area (Å²) in [5.41, 5.74) is -0.294. The van der Waals surface area contributed by atoms with Crippen LogP contribution in [0.3, 0.4) is 0 Å². The van der Waals surface area contributed by atoms with E-state index in [2.05, 4.69) is 9.47 Å². The van der Waals surface area contributed by atoms with Gasteiger partial charge < -0.3 is 14.6 Å². The molecule has 2 atom stereocenters. The highest BCUT2D eigenvalue weighted by molar-refractivity contribution is 7.89. The molecule has 0 amide bonds. The monoisotopic (exact) mass is 399 g/mol. The third kappa shape index (κ3) is 4.11. The zero-order chi connectivity index (χ0) is 20.4. The Labute approximate surface area is 156 Å². The normalized spacial score (nSPS) is 20.7. The van der Waals surface area contributed by atoms with Gasteiger partial charge in [0.15, 0.2) is 0 Å². The number of carbonyl (C=O) groups excluding carboxylic acids is 2. The van der Waals surface area contributed by atoms with Crippen LogP contribution in [-0.2, 0) is 24.3 Å². The van der Waals surface area contributed by atoms with Crippen molar-refractivity contribution in [1.29, 1.82) is 0 Å². The van der Waals surface area contributed by atoms with Crippen LogP contribution < -0.4 is 0 Å². The number of carbonyl (C=O) groups is 3. The fourth-order valence-corrected chi connectivity index (χ4v) is 4.91. The highest BCUT2D eigenvalue weighted by Gasteiger charge is 2.39. The van der Waals surface area contributed by atoms with Crippen molar-refractivity contribution < 1.29 is 37.4 Å². The number of carboxylic acids is 1. The minimum absolute atomic E-state index is 0.0526. The number of benzene rings is 1. The van der Waals surface area contributed by atoms with Crippen molar-refractivity contribution in [3.05, 3.63) is 29.3 Å². The molecule has 1 aliphatic rings. The molecule has 10 heteroatoms. The second-order valence-electron chi connectivity index (χ2n) is 6.23. The Morgan fingerprint density at radius 2 is 1.74 bits per heavy atom. The lowest BCUT2D eigenvalue weighted by molar-refractivity contribution is -0.143. The van der Waals surface area contributed by atoms with E-state index in [1.54, 1.807) is 6.92 Å². The molecule has 9 nitrogen and oxygen atoms in total. The summed E-state index contributed by atoms with van der Waals surface area (Å²) in [6.45, 7) is 1.44. The van der Waals surface area contributed by atoms with Gasteiger partial charge in [-0.2, -0.15) is 4.31 Å². The van der Waals surface area contributed by atoms with E-state index in [-0.39, 0.29) is 17.7 Å². The average molecular weight is 399 g/mol. The fourth-order valence-electron chi connectivity index (χ4n) is 3.00. The van der Waals surface area contributed by atoms with Crippen molar-refractivity contribution in [2.24, 2.45) is 5.92 Å². The molecule has 2 unspecified atom stereocenters. The van der Waals surface area contributed by atoms with Crippen molar-refractivity contribution in [1.82, 2.24) is 4.31 Å². The van der Waals surface area contributed by atoms with Crippen LogP contribution >= 0.6 is 0 Å². The van der Waals surface area contributed by atoms with E-state index in [1.807, 2.05) is 0 Å². The third-order valence-electron chi connectivity index (χ3n) is 4.57. The maximum Gasteiger partial charge on any atom is 0.339 e. The number of hydrogen-bond donors (Lipinski definition) is 1. The highest BCUT2D eigenvalue weighted by Crippen LogP contribution is 2.30. The summed E-state index contributed by atoms with van der Waals surface area (Å²) in [6.07, 6.45) is 0.717. The fraction of sp³-hybridized carbons (Fsp3) is 0.471. The summed E-state index contributed by atoms with van der Waals surface area (Å²) < 4.78 is 36.8. The lowest BCUT2D eigenvalue weighted by Gasteiger charge is -2.35. The van der Waals surface area contributed by atoms with E-state index in [0.717, 1.165) is 24.6 Å². The van der Waals surface area contributed by atoms with Gasteiger partial charge in [-0.25, -0.2) is 18.0 Å². The quantitative estimate of drug-likeness (QED) is 0.730. The number of aliphatic carboxylic acids is 1. The van der Waals surface area contributed by atoms with Gasteiger partial charge in [0.1, 0.15) is 0 Å². The van der Waals surface area contributed by atoms with Crippen LogP contribution in [0.15, 0.2) is 23.1 Å². The Morgan fingerprint density at radius 1 is 1.11 bits per heavy atom. The summed E-state index contributed by atoms with van der Waals surface area (Å²) in [5, 5.41) is 9.25. The van der Waals surface area contributed by atoms with Crippen molar-refractivity contribution in [2.45, 2.75) is 30.7 Å². The second-order valence-corrected chi connectivity index (χ2v) is 8.09. The molecule has 1 aliphatic heterocycles. The molecule has 1 saturated heterocycles. The molecule has 0 aliphatic carbocycles. The standard InChI is InChI=1S/C17H21NO8S/c1-10-4-5-12(15(19)20)9-18(10)27(23,24)14-8-11(16(21)25-2)6-7-13(14)17(22)26-3/h6-8,10,12H,4-5,9H2,1-3H3,(H,19,20). The molecular weight excluding hydrogens is 378 g/mol. The van der Waals surface area contributed by atoms with Crippen LogP contribution in [0, 0.1) is 5.92 Å². The van der Waals surface area contributed by atoms with Crippen molar-refractivity contribution in [3.63, 3.8) is 0 Å². The van der Waals surface area contributed by atoms with Gasteiger partial charge >= 0.3 is 17.9 Å². The first kappa shape index (κ1) is 20.8. The van der Waals surface area contributed by atoms with Crippen molar-refractivity contribution >= 4 is 27.9 Å². The van der Waals surface area contributed by atoms with Crippen LogP contribution in [0.25, 0.3) is 0 Å². The molecule has 0 spiro atoms. The molecular formula is C17H21NO8S. The van der Waals surface area contributed by atoms with Gasteiger partial charge in [-0.1, -0.05) is 0 Å². The molecule has 1 aromatic rings. The number of sulfonamides is 1. The van der Waals surface area contributed by atoms with E-state index in [9.17, 15) is 27.9 Å². The topological polar surface area (TPSA) is 127 Å². The maximum atomic E-state index is 13.2. The Balaban J connectivity index is 2.59. The molecule has 0 bridgehead atoms. The number of ether oxygens (including phenoxy) is 2. The van der Waals surface area contributed by atoms with E-state index in [0.29, 0.717) is 12.8 Å². The van der Waals surface area contributed by atoms with Gasteiger partial charge in [-0.3, -0.25) is 4.79 Å². The Bertz CT molecular complexity index is 864. The molecule has 1 aromatic carbocycles. The van der Waals surface area contributed by atoms with Gasteiger partial charge in [0, 0.05) is 12.6 Å². The summed E-state index contributed by atoms with van der Waals surface area (Å²) in [4.78, 5) is 34.7. The minimum Gasteiger partial charge on any atom is -0.481 e. The van der Waals surface area contributed by atoms with Crippen molar-refractivity contribution in [2.75, 3.05) is 20.8 Å². The maximum absolute atomic E-state index is 13.2. The highest BCUT2D eigenvalue weighted by atomic mass is 32.2. The lowest BCUT2D eigenvalue weighted by atomic mass is 9.96. The van der Waals surface area contributed by atoms with Crippen LogP contribution in [0.5, 0.6) is 0 Å². The summed E-state index contributed by atoms with van der Waals surface area (Å²) in [7, 11) is -2.01. The smallest absolute Gasteiger partial charge is 0.339 e. The zero-order valence-corrected chi connectivity index (χ0v) is 16.0. The number of rotatable bonds is 5. The Morgan fingerprint density at radius 3 is 2.30 bits per heavy atom. The average Bonchev–Trinajstić information content (AvgIpc) is 2.66. The Hall–Kier alpha value is -2.46. The van der Waals surface area contributed by atoms with Gasteiger partial charge in [0.05, 0.1) is 36.2 Å². The molecule has 27 heavy (non-hydrogen) atoms. The molecule has 1 heterocycles. The van der Waals surface area contributed by atoms with Crippen LogP contribution in [0.1, 0.15) is 40.5 Å². The van der Waals surface area contributed by atoms with E-state index < -0.39 is 44.8 Å². The summed E-state index contributed by atoms with van der Waals surface area (Å²) >= 11 is 0. The second kappa shape index (κ2) is 8.05. The van der Waals surface area contributed by atoms with Crippen molar-refractivity contribution in [3.8, 4) is 0 Å². The van der Waals surface area contributed by atoms with E-state index >= 15 is 0 Å². The van der Waals surface area contributed by atoms with Crippen LogP contribution in [0.4, 0.5) is 0 Å². The molecule has 148 valence electrons. The lowest BCUT2D eigenvalue weighted by Crippen LogP contribution is -2.47. The Kier molecular flexibility index (Phi) is 6.22. The molecule has 1 fully saturated rings. The number of nitrogens with zero attached hydrogens (tertiary/aromatic N) is 1. The molecule has 0 saturated carbocycles. The first-order chi connectivity index (χ1) is 12.6. The number of piperidine rings is 1. The number of hydrogen-bond acceptors (Lipinski definition) is 7. The first-order valence-corrected chi connectivity index (χ1v) is 9.62. The number of carboxylic acid groups (broad SMARTS) is 1. The first-order valence-electron chi connectivity index (χ1n) is 8.18. The van der Waals surface area contributed by atoms with Gasteiger partial charge in [0.2, 0.25) is 10.0 Å². The summed E-state index contributed by atoms with van der Waals surface area (Å²) in [6, 6.07) is 3.02. The third-order valence-corrected chi connectivity index (χ3v) is 6.59. The number of esters is 2. The summed E-state index contributed by atoms with van der Waals surface area (Å²) in [5.74, 6) is -3.58. The SMILES string of the molecule is COC(=O)c1ccc(C(=O)OC)c(S(=O)(=O)N2CC(C(=O)O)CCC2C)c1. The minimum atomic E-state index is -4.27. The van der Waals surface area contributed by atoms with Gasteiger partial charge in [-0.05, 0) is 38.0 Å². The number of methoxy groups -OCH3 is 2. The predicted molar refractivity (Wildman–Crippen MR) is 92.8 cm³/mol. The van der Waals surface area contributed by atoms with Crippen LogP contribution in [0.2, 0.25) is 0 Å². The zero-order valence-electron chi connectivity index (χ0n) is 15.2. The predicted octanol–water partition coefficient (Wildman–Crippen LogP) is 1.13. The van der Waals surface area contributed by atoms with E-state index in [4.69, 9.17) is 0 Å². The molecule has 2 rings (SSSR count). The van der Waals surface area contributed by atoms with Crippen LogP contribution in [-0.4, -0.2) is 62.5 Å². The van der Waals surface area contributed by atoms with Gasteiger partial charge in [-0.15, -0.1) is 0 Å². The van der Waals surface area contributed by atoms with Gasteiger partial charge in [0.25, 0.3) is 0 Å². The largest absolute Gasteiger partial charge is 0.481 e. The molecule has 0 radical (unpaired) electrons. The molecule has 0 aromatic heterocycles. The van der Waals surface area contributed by atoms with E-state index in [1.165, 1.54) is 12.1 Å².